The summed E-state index contributed by atoms with van der Waals surface area (Å²) in [6, 6.07) is 5.99. The highest BCUT2D eigenvalue weighted by molar-refractivity contribution is 5.48. The van der Waals surface area contributed by atoms with Gasteiger partial charge in [-0.1, -0.05) is 12.1 Å². The zero-order valence-electron chi connectivity index (χ0n) is 11.1. The summed E-state index contributed by atoms with van der Waals surface area (Å²) in [6.45, 7) is 6.98. The van der Waals surface area contributed by atoms with Crippen LogP contribution < -0.4 is 14.8 Å². The molecule has 4 heteroatoms. The molecule has 0 aromatic heterocycles. The molecule has 0 saturated heterocycles. The van der Waals surface area contributed by atoms with E-state index >= 15 is 0 Å². The molecule has 0 spiro atoms. The van der Waals surface area contributed by atoms with Crippen molar-refractivity contribution in [3.8, 4) is 11.5 Å². The molecule has 1 aromatic carbocycles. The number of fused-ring (bicyclic) bond motifs is 1. The first-order valence-electron chi connectivity index (χ1n) is 6.47. The minimum atomic E-state index is 0.313. The van der Waals surface area contributed by atoms with E-state index in [-0.39, 0.29) is 0 Å². The maximum absolute atomic E-state index is 5.48. The SMILES string of the molecule is CC(C)OCCCNCc1cccc2c1OCO2. The second-order valence-electron chi connectivity index (χ2n) is 4.60. The third-order valence-corrected chi connectivity index (χ3v) is 2.74. The number of nitrogens with one attached hydrogen (secondary N) is 1. The smallest absolute Gasteiger partial charge is 0.231 e. The summed E-state index contributed by atoms with van der Waals surface area (Å²) in [5.41, 5.74) is 1.15. The van der Waals surface area contributed by atoms with Gasteiger partial charge < -0.3 is 19.5 Å². The summed E-state index contributed by atoms with van der Waals surface area (Å²) < 4.78 is 16.3. The van der Waals surface area contributed by atoms with Crippen molar-refractivity contribution in [2.45, 2.75) is 32.9 Å². The fourth-order valence-electron chi connectivity index (χ4n) is 1.87. The molecular weight excluding hydrogens is 230 g/mol. The standard InChI is InChI=1S/C14H21NO3/c1-11(2)16-8-4-7-15-9-12-5-3-6-13-14(12)18-10-17-13/h3,5-6,11,15H,4,7-10H2,1-2H3. The van der Waals surface area contributed by atoms with E-state index in [1.54, 1.807) is 0 Å². The first-order valence-corrected chi connectivity index (χ1v) is 6.47. The Bertz CT molecular complexity index is 379. The lowest BCUT2D eigenvalue weighted by Gasteiger charge is -2.09. The van der Waals surface area contributed by atoms with E-state index in [1.165, 1.54) is 0 Å². The van der Waals surface area contributed by atoms with Crippen molar-refractivity contribution in [3.63, 3.8) is 0 Å². The van der Waals surface area contributed by atoms with Crippen molar-refractivity contribution in [3.05, 3.63) is 23.8 Å². The normalized spacial score (nSPS) is 13.3. The summed E-state index contributed by atoms with van der Waals surface area (Å²) in [5.74, 6) is 1.72. The summed E-state index contributed by atoms with van der Waals surface area (Å²) in [7, 11) is 0. The highest BCUT2D eigenvalue weighted by Crippen LogP contribution is 2.35. The van der Waals surface area contributed by atoms with E-state index in [1.807, 2.05) is 12.1 Å². The molecule has 0 saturated carbocycles. The van der Waals surface area contributed by atoms with Crippen molar-refractivity contribution >= 4 is 0 Å². The average Bonchev–Trinajstić information content (AvgIpc) is 2.82. The van der Waals surface area contributed by atoms with Crippen LogP contribution in [0.25, 0.3) is 0 Å². The molecule has 1 N–H and O–H groups in total. The topological polar surface area (TPSA) is 39.7 Å². The molecule has 0 fully saturated rings. The molecule has 1 aliphatic rings. The minimum Gasteiger partial charge on any atom is -0.454 e. The van der Waals surface area contributed by atoms with Crippen LogP contribution in [0.4, 0.5) is 0 Å². The van der Waals surface area contributed by atoms with Crippen molar-refractivity contribution in [2.24, 2.45) is 0 Å². The van der Waals surface area contributed by atoms with Gasteiger partial charge in [0, 0.05) is 18.7 Å². The number of rotatable bonds is 7. The van der Waals surface area contributed by atoms with Gasteiger partial charge in [-0.05, 0) is 32.9 Å². The molecule has 4 nitrogen and oxygen atoms in total. The number of para-hydroxylation sites is 1. The van der Waals surface area contributed by atoms with Gasteiger partial charge in [0.15, 0.2) is 11.5 Å². The Morgan fingerprint density at radius 1 is 1.33 bits per heavy atom. The Hall–Kier alpha value is -1.26. The van der Waals surface area contributed by atoms with Gasteiger partial charge in [0.25, 0.3) is 0 Å². The van der Waals surface area contributed by atoms with E-state index in [0.717, 1.165) is 43.2 Å². The molecule has 0 amide bonds. The predicted octanol–water partition coefficient (Wildman–Crippen LogP) is 2.32. The fourth-order valence-corrected chi connectivity index (χ4v) is 1.87. The Morgan fingerprint density at radius 2 is 2.22 bits per heavy atom. The zero-order valence-corrected chi connectivity index (χ0v) is 11.1. The monoisotopic (exact) mass is 251 g/mol. The van der Waals surface area contributed by atoms with E-state index in [2.05, 4.69) is 25.2 Å². The molecule has 0 radical (unpaired) electrons. The Morgan fingerprint density at radius 3 is 3.06 bits per heavy atom. The highest BCUT2D eigenvalue weighted by atomic mass is 16.7. The van der Waals surface area contributed by atoms with Crippen LogP contribution >= 0.6 is 0 Å². The lowest BCUT2D eigenvalue weighted by molar-refractivity contribution is 0.0770. The number of hydrogen-bond acceptors (Lipinski definition) is 4. The lowest BCUT2D eigenvalue weighted by atomic mass is 10.2. The molecule has 0 bridgehead atoms. The molecule has 1 aromatic rings. The van der Waals surface area contributed by atoms with Gasteiger partial charge in [0.2, 0.25) is 6.79 Å². The van der Waals surface area contributed by atoms with Crippen molar-refractivity contribution in [1.82, 2.24) is 5.32 Å². The van der Waals surface area contributed by atoms with Crippen LogP contribution in [0.3, 0.4) is 0 Å². The number of hydrogen-bond donors (Lipinski definition) is 1. The van der Waals surface area contributed by atoms with Crippen molar-refractivity contribution in [2.75, 3.05) is 19.9 Å². The van der Waals surface area contributed by atoms with Crippen molar-refractivity contribution in [1.29, 1.82) is 0 Å². The predicted molar refractivity (Wildman–Crippen MR) is 70.0 cm³/mol. The van der Waals surface area contributed by atoms with Gasteiger partial charge in [-0.15, -0.1) is 0 Å². The molecular formula is C14H21NO3. The molecule has 100 valence electrons. The van der Waals surface area contributed by atoms with Crippen LogP contribution in [-0.4, -0.2) is 26.0 Å². The minimum absolute atomic E-state index is 0.313. The molecule has 0 atom stereocenters. The quantitative estimate of drug-likeness (QED) is 0.755. The van der Waals surface area contributed by atoms with Crippen LogP contribution in [0.1, 0.15) is 25.8 Å². The summed E-state index contributed by atoms with van der Waals surface area (Å²) >= 11 is 0. The maximum Gasteiger partial charge on any atom is 0.231 e. The van der Waals surface area contributed by atoms with Gasteiger partial charge in [-0.25, -0.2) is 0 Å². The van der Waals surface area contributed by atoms with E-state index in [4.69, 9.17) is 14.2 Å². The number of ether oxygens (including phenoxy) is 3. The molecule has 1 heterocycles. The Balaban J connectivity index is 1.70. The third-order valence-electron chi connectivity index (χ3n) is 2.74. The number of benzene rings is 1. The van der Waals surface area contributed by atoms with Gasteiger partial charge >= 0.3 is 0 Å². The molecule has 18 heavy (non-hydrogen) atoms. The second-order valence-corrected chi connectivity index (χ2v) is 4.60. The summed E-state index contributed by atoms with van der Waals surface area (Å²) in [5, 5.41) is 3.39. The van der Waals surface area contributed by atoms with Crippen LogP contribution in [-0.2, 0) is 11.3 Å². The first kappa shape index (κ1) is 13.2. The van der Waals surface area contributed by atoms with Crippen LogP contribution in [0, 0.1) is 0 Å². The maximum atomic E-state index is 5.48. The summed E-state index contributed by atoms with van der Waals surface area (Å²) in [6.07, 6.45) is 1.33. The lowest BCUT2D eigenvalue weighted by Crippen LogP contribution is -2.17. The van der Waals surface area contributed by atoms with Crippen LogP contribution in [0.5, 0.6) is 11.5 Å². The molecule has 2 rings (SSSR count). The average molecular weight is 251 g/mol. The van der Waals surface area contributed by atoms with Crippen LogP contribution in [0.15, 0.2) is 18.2 Å². The van der Waals surface area contributed by atoms with Gasteiger partial charge in [-0.3, -0.25) is 0 Å². The molecule has 0 aliphatic carbocycles. The zero-order chi connectivity index (χ0) is 12.8. The van der Waals surface area contributed by atoms with E-state index < -0.39 is 0 Å². The van der Waals surface area contributed by atoms with E-state index in [0.29, 0.717) is 12.9 Å². The third kappa shape index (κ3) is 3.62. The first-order chi connectivity index (χ1) is 8.77. The highest BCUT2D eigenvalue weighted by Gasteiger charge is 2.16. The molecule has 0 unspecified atom stereocenters. The van der Waals surface area contributed by atoms with E-state index in [9.17, 15) is 0 Å². The van der Waals surface area contributed by atoms with Gasteiger partial charge in [-0.2, -0.15) is 0 Å². The van der Waals surface area contributed by atoms with Gasteiger partial charge in [0.1, 0.15) is 0 Å². The second kappa shape index (κ2) is 6.61. The largest absolute Gasteiger partial charge is 0.454 e. The molecule has 1 aliphatic heterocycles. The van der Waals surface area contributed by atoms with Crippen molar-refractivity contribution < 1.29 is 14.2 Å². The Kier molecular flexibility index (Phi) is 4.84. The van der Waals surface area contributed by atoms with Crippen LogP contribution in [0.2, 0.25) is 0 Å². The summed E-state index contributed by atoms with van der Waals surface area (Å²) in [4.78, 5) is 0. The Labute approximate surface area is 108 Å². The van der Waals surface area contributed by atoms with Gasteiger partial charge in [0.05, 0.1) is 6.10 Å². The fraction of sp³-hybridized carbons (Fsp3) is 0.571.